The standard InChI is InChI=1S/C14H19N3/c1-2-12(15)10-14-7-5-9-17(14)11-13-6-3-4-8-16-13/h3-9,12H,2,10-11,15H2,1H3. The van der Waals surface area contributed by atoms with Gasteiger partial charge in [0.25, 0.3) is 0 Å². The molecule has 2 N–H and O–H groups in total. The quantitative estimate of drug-likeness (QED) is 0.854. The van der Waals surface area contributed by atoms with E-state index in [4.69, 9.17) is 5.73 Å². The summed E-state index contributed by atoms with van der Waals surface area (Å²) in [6, 6.07) is 10.5. The van der Waals surface area contributed by atoms with E-state index in [2.05, 4.69) is 34.8 Å². The molecule has 1 atom stereocenters. The van der Waals surface area contributed by atoms with Crippen molar-refractivity contribution in [2.45, 2.75) is 32.4 Å². The Morgan fingerprint density at radius 2 is 2.18 bits per heavy atom. The number of hydrogen-bond acceptors (Lipinski definition) is 2. The lowest BCUT2D eigenvalue weighted by Crippen LogP contribution is -2.23. The third-order valence-electron chi connectivity index (χ3n) is 2.98. The minimum atomic E-state index is 0.243. The van der Waals surface area contributed by atoms with Gasteiger partial charge in [0.15, 0.2) is 0 Å². The van der Waals surface area contributed by atoms with Gasteiger partial charge in [0.2, 0.25) is 0 Å². The maximum absolute atomic E-state index is 6.00. The molecule has 2 rings (SSSR count). The molecule has 0 amide bonds. The van der Waals surface area contributed by atoms with E-state index in [0.717, 1.165) is 25.1 Å². The largest absolute Gasteiger partial charge is 0.345 e. The van der Waals surface area contributed by atoms with Crippen molar-refractivity contribution in [2.75, 3.05) is 0 Å². The topological polar surface area (TPSA) is 43.8 Å². The van der Waals surface area contributed by atoms with Crippen LogP contribution in [0, 0.1) is 0 Å². The lowest BCUT2D eigenvalue weighted by atomic mass is 10.1. The third-order valence-corrected chi connectivity index (χ3v) is 2.98. The summed E-state index contributed by atoms with van der Waals surface area (Å²) in [5, 5.41) is 0. The Labute approximate surface area is 102 Å². The molecule has 0 aliphatic rings. The van der Waals surface area contributed by atoms with Gasteiger partial charge in [-0.3, -0.25) is 4.98 Å². The minimum Gasteiger partial charge on any atom is -0.345 e. The molecule has 0 aliphatic heterocycles. The van der Waals surface area contributed by atoms with Gasteiger partial charge >= 0.3 is 0 Å². The van der Waals surface area contributed by atoms with Gasteiger partial charge in [0.05, 0.1) is 12.2 Å². The smallest absolute Gasteiger partial charge is 0.0645 e. The first-order valence-electron chi connectivity index (χ1n) is 6.09. The van der Waals surface area contributed by atoms with Crippen molar-refractivity contribution in [3.63, 3.8) is 0 Å². The second kappa shape index (κ2) is 5.64. The highest BCUT2D eigenvalue weighted by Gasteiger charge is 2.06. The van der Waals surface area contributed by atoms with Crippen LogP contribution in [-0.2, 0) is 13.0 Å². The zero-order chi connectivity index (χ0) is 12.1. The Morgan fingerprint density at radius 3 is 2.88 bits per heavy atom. The zero-order valence-electron chi connectivity index (χ0n) is 10.2. The molecule has 1 unspecified atom stereocenters. The Morgan fingerprint density at radius 1 is 1.29 bits per heavy atom. The van der Waals surface area contributed by atoms with Gasteiger partial charge in [0.1, 0.15) is 0 Å². The van der Waals surface area contributed by atoms with Crippen molar-refractivity contribution >= 4 is 0 Å². The number of hydrogen-bond donors (Lipinski definition) is 1. The van der Waals surface area contributed by atoms with E-state index in [0.29, 0.717) is 0 Å². The van der Waals surface area contributed by atoms with Gasteiger partial charge in [-0.15, -0.1) is 0 Å². The summed E-state index contributed by atoms with van der Waals surface area (Å²) in [5.41, 5.74) is 8.36. The van der Waals surface area contributed by atoms with Crippen molar-refractivity contribution in [1.82, 2.24) is 9.55 Å². The second-order valence-electron chi connectivity index (χ2n) is 4.32. The van der Waals surface area contributed by atoms with Gasteiger partial charge < -0.3 is 10.3 Å². The molecule has 90 valence electrons. The van der Waals surface area contributed by atoms with Crippen molar-refractivity contribution in [3.8, 4) is 0 Å². The fourth-order valence-corrected chi connectivity index (χ4v) is 1.87. The molecule has 0 saturated carbocycles. The molecule has 2 aromatic rings. The van der Waals surface area contributed by atoms with Crippen LogP contribution in [0.2, 0.25) is 0 Å². The first kappa shape index (κ1) is 11.9. The number of aromatic nitrogens is 2. The first-order valence-corrected chi connectivity index (χ1v) is 6.09. The van der Waals surface area contributed by atoms with Crippen LogP contribution < -0.4 is 5.73 Å². The summed E-state index contributed by atoms with van der Waals surface area (Å²) in [6.45, 7) is 2.94. The lowest BCUT2D eigenvalue weighted by molar-refractivity contribution is 0.607. The normalized spacial score (nSPS) is 12.6. The van der Waals surface area contributed by atoms with Crippen LogP contribution in [0.3, 0.4) is 0 Å². The Bertz CT molecular complexity index is 448. The fourth-order valence-electron chi connectivity index (χ4n) is 1.87. The van der Waals surface area contributed by atoms with E-state index < -0.39 is 0 Å². The van der Waals surface area contributed by atoms with E-state index >= 15 is 0 Å². The predicted molar refractivity (Wildman–Crippen MR) is 69.7 cm³/mol. The van der Waals surface area contributed by atoms with E-state index in [1.807, 2.05) is 24.4 Å². The van der Waals surface area contributed by atoms with E-state index in [9.17, 15) is 0 Å². The van der Waals surface area contributed by atoms with Gasteiger partial charge in [-0.1, -0.05) is 13.0 Å². The first-order chi connectivity index (χ1) is 8.29. The molecule has 3 nitrogen and oxygen atoms in total. The van der Waals surface area contributed by atoms with Crippen LogP contribution in [0.1, 0.15) is 24.7 Å². The van der Waals surface area contributed by atoms with Crippen LogP contribution in [0.25, 0.3) is 0 Å². The van der Waals surface area contributed by atoms with Crippen molar-refractivity contribution in [1.29, 1.82) is 0 Å². The summed E-state index contributed by atoms with van der Waals surface area (Å²) >= 11 is 0. The van der Waals surface area contributed by atoms with Crippen LogP contribution in [-0.4, -0.2) is 15.6 Å². The fraction of sp³-hybridized carbons (Fsp3) is 0.357. The zero-order valence-corrected chi connectivity index (χ0v) is 10.2. The van der Waals surface area contributed by atoms with Crippen LogP contribution in [0.15, 0.2) is 42.7 Å². The van der Waals surface area contributed by atoms with Gasteiger partial charge in [-0.05, 0) is 30.7 Å². The molecule has 3 heteroatoms. The van der Waals surface area contributed by atoms with Crippen molar-refractivity contribution in [3.05, 3.63) is 54.1 Å². The number of pyridine rings is 1. The Balaban J connectivity index is 2.09. The van der Waals surface area contributed by atoms with Crippen molar-refractivity contribution < 1.29 is 0 Å². The van der Waals surface area contributed by atoms with Gasteiger partial charge in [0, 0.05) is 30.6 Å². The highest BCUT2D eigenvalue weighted by Crippen LogP contribution is 2.09. The monoisotopic (exact) mass is 229 g/mol. The lowest BCUT2D eigenvalue weighted by Gasteiger charge is -2.12. The summed E-state index contributed by atoms with van der Waals surface area (Å²) in [7, 11) is 0. The third kappa shape index (κ3) is 3.17. The number of nitrogens with two attached hydrogens (primary N) is 1. The molecular weight excluding hydrogens is 210 g/mol. The van der Waals surface area contributed by atoms with Crippen LogP contribution in [0.5, 0.6) is 0 Å². The molecule has 0 radical (unpaired) electrons. The van der Waals surface area contributed by atoms with E-state index in [-0.39, 0.29) is 6.04 Å². The molecule has 17 heavy (non-hydrogen) atoms. The summed E-state index contributed by atoms with van der Waals surface area (Å²) in [4.78, 5) is 4.34. The number of nitrogens with zero attached hydrogens (tertiary/aromatic N) is 2. The maximum atomic E-state index is 6.00. The van der Waals surface area contributed by atoms with Gasteiger partial charge in [-0.25, -0.2) is 0 Å². The minimum absolute atomic E-state index is 0.243. The average molecular weight is 229 g/mol. The molecule has 0 aliphatic carbocycles. The maximum Gasteiger partial charge on any atom is 0.0645 e. The molecule has 0 aromatic carbocycles. The number of rotatable bonds is 5. The average Bonchev–Trinajstić information content (AvgIpc) is 2.78. The molecule has 0 saturated heterocycles. The molecule has 0 fully saturated rings. The van der Waals surface area contributed by atoms with E-state index in [1.54, 1.807) is 0 Å². The molecular formula is C14H19N3. The summed E-state index contributed by atoms with van der Waals surface area (Å²) in [5.74, 6) is 0. The Kier molecular flexibility index (Phi) is 3.94. The van der Waals surface area contributed by atoms with Crippen molar-refractivity contribution in [2.24, 2.45) is 5.73 Å². The van der Waals surface area contributed by atoms with E-state index in [1.165, 1.54) is 5.69 Å². The van der Waals surface area contributed by atoms with Crippen LogP contribution in [0.4, 0.5) is 0 Å². The molecule has 2 heterocycles. The molecule has 2 aromatic heterocycles. The summed E-state index contributed by atoms with van der Waals surface area (Å²) < 4.78 is 2.22. The SMILES string of the molecule is CCC(N)Cc1cccn1Cc1ccccn1. The molecule has 0 bridgehead atoms. The highest BCUT2D eigenvalue weighted by molar-refractivity contribution is 5.12. The van der Waals surface area contributed by atoms with Crippen LogP contribution >= 0.6 is 0 Å². The summed E-state index contributed by atoms with van der Waals surface area (Å²) in [6.07, 6.45) is 5.85. The van der Waals surface area contributed by atoms with Gasteiger partial charge in [-0.2, -0.15) is 0 Å². The Hall–Kier alpha value is -1.61. The second-order valence-corrected chi connectivity index (χ2v) is 4.32. The predicted octanol–water partition coefficient (Wildman–Crippen LogP) is 2.21. The highest BCUT2D eigenvalue weighted by atomic mass is 15.0. The molecule has 0 spiro atoms.